The molecule has 0 amide bonds. The zero-order valence-electron chi connectivity index (χ0n) is 12.0. The van der Waals surface area contributed by atoms with Crippen LogP contribution in [0, 0.1) is 0 Å². The van der Waals surface area contributed by atoms with Crippen LogP contribution in [0.4, 0.5) is 5.69 Å². The van der Waals surface area contributed by atoms with Crippen LogP contribution < -0.4 is 14.4 Å². The first-order valence-corrected chi connectivity index (χ1v) is 7.58. The van der Waals surface area contributed by atoms with Crippen LogP contribution in [0.5, 0.6) is 0 Å². The molecule has 0 atom stereocenters. The van der Waals surface area contributed by atoms with E-state index in [1.807, 2.05) is 72.5 Å². The number of rotatable bonds is 4. The molecular weight excluding hydrogens is 296 g/mol. The van der Waals surface area contributed by atoms with Gasteiger partial charge < -0.3 is 0 Å². The SMILES string of the molecule is CN(/N=C/c1sc(=O)[nH]c1-[n+]1ccccc1)c1ccccc1. The number of nitrogens with zero attached hydrogens (tertiary/aromatic N) is 3. The first-order chi connectivity index (χ1) is 10.7. The van der Waals surface area contributed by atoms with Gasteiger partial charge in [-0.25, -0.2) is 9.36 Å². The number of hydrogen-bond donors (Lipinski definition) is 1. The quantitative estimate of drug-likeness (QED) is 0.456. The Morgan fingerprint density at radius 3 is 2.55 bits per heavy atom. The molecule has 3 rings (SSSR count). The van der Waals surface area contributed by atoms with Gasteiger partial charge in [-0.05, 0) is 35.6 Å². The Hall–Kier alpha value is -2.73. The summed E-state index contributed by atoms with van der Waals surface area (Å²) in [5.41, 5.74) is 0.982. The van der Waals surface area contributed by atoms with Gasteiger partial charge >= 0.3 is 10.7 Å². The summed E-state index contributed by atoms with van der Waals surface area (Å²) >= 11 is 1.14. The molecule has 2 heterocycles. The van der Waals surface area contributed by atoms with Gasteiger partial charge in [0.2, 0.25) is 0 Å². The maximum Gasteiger partial charge on any atom is 0.390 e. The van der Waals surface area contributed by atoms with E-state index in [0.29, 0.717) is 0 Å². The van der Waals surface area contributed by atoms with Crippen molar-refractivity contribution in [1.29, 1.82) is 0 Å². The van der Waals surface area contributed by atoms with Crippen molar-refractivity contribution in [2.24, 2.45) is 5.10 Å². The van der Waals surface area contributed by atoms with Gasteiger partial charge in [-0.3, -0.25) is 5.01 Å². The largest absolute Gasteiger partial charge is 0.390 e. The number of pyridine rings is 1. The number of hydrogen-bond acceptors (Lipinski definition) is 4. The molecule has 0 spiro atoms. The van der Waals surface area contributed by atoms with Crippen LogP contribution in [0.3, 0.4) is 0 Å². The molecule has 2 aromatic heterocycles. The van der Waals surface area contributed by atoms with Crippen molar-refractivity contribution in [3.05, 3.63) is 75.5 Å². The lowest BCUT2D eigenvalue weighted by atomic mass is 10.3. The van der Waals surface area contributed by atoms with E-state index in [0.717, 1.165) is 27.7 Å². The van der Waals surface area contributed by atoms with Gasteiger partial charge in [0.25, 0.3) is 0 Å². The smallest absolute Gasteiger partial charge is 0.269 e. The highest BCUT2D eigenvalue weighted by atomic mass is 32.1. The minimum Gasteiger partial charge on any atom is -0.269 e. The van der Waals surface area contributed by atoms with E-state index < -0.39 is 0 Å². The van der Waals surface area contributed by atoms with Crippen molar-refractivity contribution in [2.45, 2.75) is 0 Å². The van der Waals surface area contributed by atoms with E-state index in [1.165, 1.54) is 0 Å². The number of nitrogens with one attached hydrogen (secondary N) is 1. The summed E-state index contributed by atoms with van der Waals surface area (Å²) in [6, 6.07) is 15.6. The van der Waals surface area contributed by atoms with Crippen LogP contribution in [-0.4, -0.2) is 18.2 Å². The van der Waals surface area contributed by atoms with E-state index in [-0.39, 0.29) is 4.87 Å². The van der Waals surface area contributed by atoms with Gasteiger partial charge in [0, 0.05) is 7.05 Å². The lowest BCUT2D eigenvalue weighted by Gasteiger charge is -2.11. The number of benzene rings is 1. The molecule has 0 fully saturated rings. The second-order valence-corrected chi connectivity index (χ2v) is 5.63. The first kappa shape index (κ1) is 14.2. The van der Waals surface area contributed by atoms with Crippen LogP contribution in [-0.2, 0) is 0 Å². The third kappa shape index (κ3) is 3.12. The summed E-state index contributed by atoms with van der Waals surface area (Å²) in [6.45, 7) is 0. The molecule has 22 heavy (non-hydrogen) atoms. The highest BCUT2D eigenvalue weighted by Crippen LogP contribution is 2.12. The third-order valence-corrected chi connectivity index (χ3v) is 3.91. The summed E-state index contributed by atoms with van der Waals surface area (Å²) in [7, 11) is 1.87. The Bertz CT molecular complexity index is 824. The summed E-state index contributed by atoms with van der Waals surface area (Å²) in [5.74, 6) is 0.723. The van der Waals surface area contributed by atoms with E-state index >= 15 is 0 Å². The van der Waals surface area contributed by atoms with Crippen molar-refractivity contribution < 1.29 is 4.57 Å². The maximum absolute atomic E-state index is 11.7. The fourth-order valence-corrected chi connectivity index (χ4v) is 2.71. The van der Waals surface area contributed by atoms with Crippen molar-refractivity contribution in [1.82, 2.24) is 4.98 Å². The monoisotopic (exact) mass is 311 g/mol. The Balaban J connectivity index is 1.90. The van der Waals surface area contributed by atoms with Gasteiger partial charge in [-0.1, -0.05) is 24.3 Å². The lowest BCUT2D eigenvalue weighted by Crippen LogP contribution is -2.31. The second kappa shape index (κ2) is 6.36. The molecule has 110 valence electrons. The van der Waals surface area contributed by atoms with Crippen LogP contribution in [0.25, 0.3) is 5.82 Å². The summed E-state index contributed by atoms with van der Waals surface area (Å²) in [4.78, 5) is 15.2. The third-order valence-electron chi connectivity index (χ3n) is 3.11. The Morgan fingerprint density at radius 2 is 1.82 bits per heavy atom. The highest BCUT2D eigenvalue weighted by molar-refractivity contribution is 7.11. The molecule has 0 aliphatic heterocycles. The summed E-state index contributed by atoms with van der Waals surface area (Å²) < 4.78 is 1.86. The summed E-state index contributed by atoms with van der Waals surface area (Å²) in [5, 5.41) is 6.18. The molecular formula is C16H15N4OS+. The van der Waals surface area contributed by atoms with E-state index in [2.05, 4.69) is 10.1 Å². The number of para-hydroxylation sites is 1. The Kier molecular flexibility index (Phi) is 4.11. The molecule has 6 heteroatoms. The fraction of sp³-hybridized carbons (Fsp3) is 0.0625. The highest BCUT2D eigenvalue weighted by Gasteiger charge is 2.15. The van der Waals surface area contributed by atoms with E-state index in [1.54, 1.807) is 11.2 Å². The van der Waals surface area contributed by atoms with Crippen molar-refractivity contribution in [3.63, 3.8) is 0 Å². The number of H-pyrrole nitrogens is 1. The van der Waals surface area contributed by atoms with Crippen LogP contribution in [0.2, 0.25) is 0 Å². The molecule has 1 aromatic carbocycles. The minimum absolute atomic E-state index is 0.102. The number of anilines is 1. The number of aromatic amines is 1. The minimum atomic E-state index is -0.102. The normalized spacial score (nSPS) is 11.0. The van der Waals surface area contributed by atoms with Gasteiger partial charge in [0.05, 0.1) is 24.3 Å². The van der Waals surface area contributed by atoms with Crippen LogP contribution >= 0.6 is 11.3 Å². The molecule has 0 bridgehead atoms. The number of hydrazone groups is 1. The molecule has 1 N–H and O–H groups in total. The molecule has 0 radical (unpaired) electrons. The van der Waals surface area contributed by atoms with Gasteiger partial charge in [0.1, 0.15) is 4.88 Å². The topological polar surface area (TPSA) is 52.3 Å². The van der Waals surface area contributed by atoms with Gasteiger partial charge in [-0.15, -0.1) is 0 Å². The average Bonchev–Trinajstić information content (AvgIpc) is 2.95. The Labute approximate surface area is 131 Å². The van der Waals surface area contributed by atoms with Crippen LogP contribution in [0.15, 0.2) is 70.8 Å². The van der Waals surface area contributed by atoms with Crippen molar-refractivity contribution in [2.75, 3.05) is 12.1 Å². The Morgan fingerprint density at radius 1 is 1.14 bits per heavy atom. The fourth-order valence-electron chi connectivity index (χ4n) is 2.01. The molecule has 0 saturated heterocycles. The average molecular weight is 311 g/mol. The van der Waals surface area contributed by atoms with E-state index in [9.17, 15) is 4.79 Å². The van der Waals surface area contributed by atoms with E-state index in [4.69, 9.17) is 0 Å². The maximum atomic E-state index is 11.7. The molecule has 3 aromatic rings. The zero-order valence-corrected chi connectivity index (χ0v) is 12.8. The first-order valence-electron chi connectivity index (χ1n) is 6.76. The molecule has 0 aliphatic rings. The van der Waals surface area contributed by atoms with Crippen LogP contribution in [0.1, 0.15) is 4.88 Å². The molecule has 0 unspecified atom stereocenters. The number of aromatic nitrogens is 2. The lowest BCUT2D eigenvalue weighted by molar-refractivity contribution is -0.599. The van der Waals surface area contributed by atoms with Gasteiger partial charge in [0.15, 0.2) is 0 Å². The predicted octanol–water partition coefficient (Wildman–Crippen LogP) is 2.18. The standard InChI is InChI=1S/C16H14N4OS/c1-19(13-8-4-2-5-9-13)17-12-14-15(18-16(21)22-14)20-10-6-3-7-11-20/h2-12H,1H3/p+1. The zero-order chi connectivity index (χ0) is 15.4. The number of thiazole rings is 1. The molecule has 0 aliphatic carbocycles. The predicted molar refractivity (Wildman–Crippen MR) is 88.9 cm³/mol. The van der Waals surface area contributed by atoms with Crippen molar-refractivity contribution >= 4 is 23.2 Å². The van der Waals surface area contributed by atoms with Gasteiger partial charge in [-0.2, -0.15) is 10.1 Å². The molecule has 5 nitrogen and oxygen atoms in total. The second-order valence-electron chi connectivity index (χ2n) is 4.61. The van der Waals surface area contributed by atoms with Crippen molar-refractivity contribution in [3.8, 4) is 5.82 Å². The molecule has 0 saturated carbocycles. The summed E-state index contributed by atoms with van der Waals surface area (Å²) in [6.07, 6.45) is 5.47.